The second-order valence-electron chi connectivity index (χ2n) is 7.34. The van der Waals surface area contributed by atoms with Crippen molar-refractivity contribution in [2.24, 2.45) is 0 Å². The van der Waals surface area contributed by atoms with Crippen molar-refractivity contribution >= 4 is 5.97 Å². The summed E-state index contributed by atoms with van der Waals surface area (Å²) in [5, 5.41) is 8.76. The van der Waals surface area contributed by atoms with E-state index in [2.05, 4.69) is 41.1 Å². The first-order valence-corrected chi connectivity index (χ1v) is 10.7. The van der Waals surface area contributed by atoms with Gasteiger partial charge in [-0.15, -0.1) is 0 Å². The topological polar surface area (TPSA) is 55.8 Å². The van der Waals surface area contributed by atoms with Crippen molar-refractivity contribution in [1.29, 1.82) is 0 Å². The van der Waals surface area contributed by atoms with Crippen molar-refractivity contribution in [3.05, 3.63) is 54.1 Å². The van der Waals surface area contributed by atoms with Crippen LogP contribution in [0.25, 0.3) is 11.1 Å². The molecular weight excluding hydrogens is 364 g/mol. The molecule has 0 bridgehead atoms. The van der Waals surface area contributed by atoms with E-state index in [1.807, 2.05) is 12.1 Å². The SMILES string of the molecule is COC(=O)CCCc1ccc(-c2ccc(OCCCCCCCCO)cc2)cc1. The van der Waals surface area contributed by atoms with Gasteiger partial charge in [0.05, 0.1) is 13.7 Å². The molecule has 2 aromatic carbocycles. The minimum atomic E-state index is -0.151. The van der Waals surface area contributed by atoms with Crippen LogP contribution in [0.5, 0.6) is 5.75 Å². The molecule has 0 aliphatic carbocycles. The zero-order valence-corrected chi connectivity index (χ0v) is 17.6. The number of esters is 1. The first kappa shape index (κ1) is 23.0. The van der Waals surface area contributed by atoms with Crippen LogP contribution in [0.1, 0.15) is 56.9 Å². The third-order valence-corrected chi connectivity index (χ3v) is 5.04. The number of hydrogen-bond acceptors (Lipinski definition) is 4. The van der Waals surface area contributed by atoms with Crippen molar-refractivity contribution in [3.63, 3.8) is 0 Å². The first-order chi connectivity index (χ1) is 14.2. The third-order valence-electron chi connectivity index (χ3n) is 5.04. The Labute approximate surface area is 174 Å². The lowest BCUT2D eigenvalue weighted by Gasteiger charge is -2.08. The summed E-state index contributed by atoms with van der Waals surface area (Å²) < 4.78 is 10.5. The van der Waals surface area contributed by atoms with E-state index >= 15 is 0 Å². The summed E-state index contributed by atoms with van der Waals surface area (Å²) in [6, 6.07) is 16.7. The molecular formula is C25H34O4. The lowest BCUT2D eigenvalue weighted by atomic mass is 10.0. The van der Waals surface area contributed by atoms with Gasteiger partial charge in [0.15, 0.2) is 0 Å². The first-order valence-electron chi connectivity index (χ1n) is 10.7. The van der Waals surface area contributed by atoms with Crippen LogP contribution in [0.3, 0.4) is 0 Å². The van der Waals surface area contributed by atoms with E-state index in [0.29, 0.717) is 13.0 Å². The van der Waals surface area contributed by atoms with Crippen LogP contribution in [0, 0.1) is 0 Å². The van der Waals surface area contributed by atoms with Crippen molar-refractivity contribution < 1.29 is 19.4 Å². The molecule has 0 unspecified atom stereocenters. The molecule has 158 valence electrons. The Bertz CT molecular complexity index is 692. The Morgan fingerprint density at radius 3 is 2.00 bits per heavy atom. The standard InChI is InChI=1S/C25H34O4/c1-28-25(27)10-8-9-21-11-13-22(14-12-21)23-15-17-24(18-16-23)29-20-7-5-3-2-4-6-19-26/h11-18,26H,2-10,19-20H2,1H3. The Morgan fingerprint density at radius 1 is 0.793 bits per heavy atom. The number of rotatable bonds is 14. The molecule has 0 spiro atoms. The van der Waals surface area contributed by atoms with Crippen LogP contribution >= 0.6 is 0 Å². The zero-order valence-electron chi connectivity index (χ0n) is 17.6. The molecule has 0 saturated carbocycles. The predicted molar refractivity (Wildman–Crippen MR) is 117 cm³/mol. The summed E-state index contributed by atoms with van der Waals surface area (Å²) in [6.07, 6.45) is 8.83. The van der Waals surface area contributed by atoms with Gasteiger partial charge in [-0.2, -0.15) is 0 Å². The van der Waals surface area contributed by atoms with E-state index in [1.165, 1.54) is 43.1 Å². The van der Waals surface area contributed by atoms with Crippen molar-refractivity contribution in [3.8, 4) is 16.9 Å². The van der Waals surface area contributed by atoms with E-state index in [-0.39, 0.29) is 5.97 Å². The van der Waals surface area contributed by atoms with Crippen LogP contribution in [0.2, 0.25) is 0 Å². The van der Waals surface area contributed by atoms with E-state index in [0.717, 1.165) is 44.5 Å². The van der Waals surface area contributed by atoms with E-state index in [1.54, 1.807) is 0 Å². The van der Waals surface area contributed by atoms with Crippen LogP contribution in [0.4, 0.5) is 0 Å². The number of aliphatic hydroxyl groups is 1. The number of carbonyl (C=O) groups excluding carboxylic acids is 1. The number of ether oxygens (including phenoxy) is 2. The van der Waals surface area contributed by atoms with Gasteiger partial charge in [0, 0.05) is 13.0 Å². The molecule has 0 amide bonds. The highest BCUT2D eigenvalue weighted by atomic mass is 16.5. The maximum atomic E-state index is 11.2. The molecule has 4 nitrogen and oxygen atoms in total. The van der Waals surface area contributed by atoms with Gasteiger partial charge < -0.3 is 14.6 Å². The largest absolute Gasteiger partial charge is 0.494 e. The Kier molecular flexibility index (Phi) is 10.9. The fourth-order valence-corrected chi connectivity index (χ4v) is 3.26. The summed E-state index contributed by atoms with van der Waals surface area (Å²) in [4.78, 5) is 11.2. The maximum absolute atomic E-state index is 11.2. The molecule has 4 heteroatoms. The van der Waals surface area contributed by atoms with Crippen LogP contribution in [0.15, 0.2) is 48.5 Å². The molecule has 0 heterocycles. The molecule has 0 fully saturated rings. The van der Waals surface area contributed by atoms with Crippen molar-refractivity contribution in [2.45, 2.75) is 57.8 Å². The van der Waals surface area contributed by atoms with Gasteiger partial charge in [-0.1, -0.05) is 62.1 Å². The van der Waals surface area contributed by atoms with E-state index < -0.39 is 0 Å². The summed E-state index contributed by atoms with van der Waals surface area (Å²) in [6.45, 7) is 1.06. The monoisotopic (exact) mass is 398 g/mol. The van der Waals surface area contributed by atoms with Gasteiger partial charge in [0.25, 0.3) is 0 Å². The minimum Gasteiger partial charge on any atom is -0.494 e. The smallest absolute Gasteiger partial charge is 0.305 e. The van der Waals surface area contributed by atoms with Gasteiger partial charge in [0.1, 0.15) is 5.75 Å². The van der Waals surface area contributed by atoms with Gasteiger partial charge >= 0.3 is 5.97 Å². The lowest BCUT2D eigenvalue weighted by molar-refractivity contribution is -0.140. The maximum Gasteiger partial charge on any atom is 0.305 e. The Balaban J connectivity index is 1.70. The fraction of sp³-hybridized carbons (Fsp3) is 0.480. The summed E-state index contributed by atoms with van der Waals surface area (Å²) in [7, 11) is 1.43. The highest BCUT2D eigenvalue weighted by molar-refractivity contribution is 5.69. The number of unbranched alkanes of at least 4 members (excludes halogenated alkanes) is 5. The second-order valence-corrected chi connectivity index (χ2v) is 7.34. The van der Waals surface area contributed by atoms with E-state index in [4.69, 9.17) is 9.84 Å². The Hall–Kier alpha value is -2.33. The number of carbonyl (C=O) groups is 1. The molecule has 2 aromatic rings. The van der Waals surface area contributed by atoms with E-state index in [9.17, 15) is 4.79 Å². The average Bonchev–Trinajstić information content (AvgIpc) is 2.76. The highest BCUT2D eigenvalue weighted by Gasteiger charge is 2.03. The number of methoxy groups -OCH3 is 1. The molecule has 0 aliphatic rings. The molecule has 2 rings (SSSR count). The van der Waals surface area contributed by atoms with Crippen molar-refractivity contribution in [2.75, 3.05) is 20.3 Å². The average molecular weight is 399 g/mol. The third kappa shape index (κ3) is 9.14. The Morgan fingerprint density at radius 2 is 1.38 bits per heavy atom. The quantitative estimate of drug-likeness (QED) is 0.334. The molecule has 1 N–H and O–H groups in total. The van der Waals surface area contributed by atoms with Gasteiger partial charge in [-0.3, -0.25) is 4.79 Å². The normalized spacial score (nSPS) is 10.7. The molecule has 0 atom stereocenters. The van der Waals surface area contributed by atoms with Crippen LogP contribution < -0.4 is 4.74 Å². The summed E-state index contributed by atoms with van der Waals surface area (Å²) in [5.41, 5.74) is 3.58. The molecule has 29 heavy (non-hydrogen) atoms. The summed E-state index contributed by atoms with van der Waals surface area (Å²) >= 11 is 0. The molecule has 0 radical (unpaired) electrons. The fourth-order valence-electron chi connectivity index (χ4n) is 3.26. The number of hydrogen-bond donors (Lipinski definition) is 1. The highest BCUT2D eigenvalue weighted by Crippen LogP contribution is 2.23. The lowest BCUT2D eigenvalue weighted by Crippen LogP contribution is -2.00. The van der Waals surface area contributed by atoms with Gasteiger partial charge in [0.2, 0.25) is 0 Å². The van der Waals surface area contributed by atoms with Crippen LogP contribution in [-0.2, 0) is 16.0 Å². The molecule has 0 aromatic heterocycles. The minimum absolute atomic E-state index is 0.151. The second kappa shape index (κ2) is 13.8. The number of aliphatic hydroxyl groups excluding tert-OH is 1. The predicted octanol–water partition coefficient (Wildman–Crippen LogP) is 5.56. The zero-order chi connectivity index (χ0) is 20.7. The summed E-state index contributed by atoms with van der Waals surface area (Å²) in [5.74, 6) is 0.760. The van der Waals surface area contributed by atoms with Crippen molar-refractivity contribution in [1.82, 2.24) is 0 Å². The van der Waals surface area contributed by atoms with Gasteiger partial charge in [-0.25, -0.2) is 0 Å². The molecule has 0 aliphatic heterocycles. The number of aryl methyl sites for hydroxylation is 1. The van der Waals surface area contributed by atoms with Gasteiger partial charge in [-0.05, 0) is 54.5 Å². The number of benzene rings is 2. The van der Waals surface area contributed by atoms with Crippen LogP contribution in [-0.4, -0.2) is 31.4 Å². The molecule has 0 saturated heterocycles.